The molecule has 47 heavy (non-hydrogen) atoms. The van der Waals surface area contributed by atoms with Gasteiger partial charge < -0.3 is 9.88 Å². The minimum absolute atomic E-state index is 0.0933. The molecule has 0 saturated carbocycles. The van der Waals surface area contributed by atoms with Crippen molar-refractivity contribution in [3.05, 3.63) is 70.4 Å². The normalized spacial score (nSPS) is 20.5. The number of amides is 3. The van der Waals surface area contributed by atoms with E-state index in [0.717, 1.165) is 99.1 Å². The van der Waals surface area contributed by atoms with Crippen LogP contribution in [0.25, 0.3) is 22.3 Å². The van der Waals surface area contributed by atoms with Gasteiger partial charge in [-0.3, -0.25) is 29.3 Å². The number of nitrogens with one attached hydrogen (secondary N) is 2. The Kier molecular flexibility index (Phi) is 7.54. The Labute approximate surface area is 275 Å². The molecule has 3 aliphatic heterocycles. The zero-order valence-electron chi connectivity index (χ0n) is 27.5. The highest BCUT2D eigenvalue weighted by Crippen LogP contribution is 2.38. The number of nitrogens with zero attached hydrogens (tertiary/aromatic N) is 4. The molecule has 8 rings (SSSR count). The summed E-state index contributed by atoms with van der Waals surface area (Å²) < 4.78 is 0. The summed E-state index contributed by atoms with van der Waals surface area (Å²) in [6.45, 7) is 8.99. The van der Waals surface area contributed by atoms with Crippen LogP contribution in [-0.4, -0.2) is 68.9 Å². The first kappa shape index (κ1) is 30.1. The number of hydrogen-bond donors (Lipinski definition) is 2. The van der Waals surface area contributed by atoms with Gasteiger partial charge in [0, 0.05) is 73.3 Å². The lowest BCUT2D eigenvalue weighted by molar-refractivity contribution is -0.129. The Balaban J connectivity index is 0.887. The summed E-state index contributed by atoms with van der Waals surface area (Å²) in [5.74, 6) is 0.448. The van der Waals surface area contributed by atoms with Gasteiger partial charge in [-0.25, -0.2) is 0 Å². The largest absolute Gasteiger partial charge is 0.353 e. The quantitative estimate of drug-likeness (QED) is 0.262. The molecule has 2 aromatic heterocycles. The molecule has 0 bridgehead atoms. The van der Waals surface area contributed by atoms with Crippen LogP contribution in [0, 0.1) is 11.3 Å². The number of benzene rings is 2. The molecule has 9 nitrogen and oxygen atoms in total. The molecule has 9 heteroatoms. The third-order valence-corrected chi connectivity index (χ3v) is 11.0. The van der Waals surface area contributed by atoms with E-state index >= 15 is 0 Å². The average Bonchev–Trinajstić information content (AvgIpc) is 3.67. The molecule has 0 spiro atoms. The van der Waals surface area contributed by atoms with Gasteiger partial charge in [0.15, 0.2) is 0 Å². The van der Waals surface area contributed by atoms with Crippen LogP contribution < -0.4 is 4.90 Å². The predicted molar refractivity (Wildman–Crippen MR) is 182 cm³/mol. The van der Waals surface area contributed by atoms with Gasteiger partial charge in [0.25, 0.3) is 5.91 Å². The van der Waals surface area contributed by atoms with Crippen molar-refractivity contribution in [2.45, 2.75) is 78.2 Å². The molecule has 1 aliphatic carbocycles. The molecule has 2 saturated heterocycles. The van der Waals surface area contributed by atoms with Crippen LogP contribution in [0.15, 0.2) is 42.5 Å². The van der Waals surface area contributed by atoms with Gasteiger partial charge in [0.05, 0.1) is 11.4 Å². The highest BCUT2D eigenvalue weighted by atomic mass is 16.2. The minimum Gasteiger partial charge on any atom is -0.353 e. The lowest BCUT2D eigenvalue weighted by Gasteiger charge is -2.37. The van der Waals surface area contributed by atoms with E-state index in [0.29, 0.717) is 36.3 Å². The number of carbonyl (C=O) groups is 3. The molecule has 0 atom stereocenters. The summed E-state index contributed by atoms with van der Waals surface area (Å²) >= 11 is 0. The van der Waals surface area contributed by atoms with Crippen molar-refractivity contribution < 1.29 is 14.4 Å². The summed E-state index contributed by atoms with van der Waals surface area (Å²) in [4.78, 5) is 48.0. The van der Waals surface area contributed by atoms with Crippen LogP contribution in [-0.2, 0) is 35.4 Å². The van der Waals surface area contributed by atoms with Crippen LogP contribution in [0.3, 0.4) is 0 Å². The first-order valence-electron chi connectivity index (χ1n) is 17.4. The maximum absolute atomic E-state index is 13.6. The first-order chi connectivity index (χ1) is 22.7. The maximum atomic E-state index is 13.6. The number of aromatic nitrogens is 3. The molecule has 4 aliphatic rings. The van der Waals surface area contributed by atoms with Gasteiger partial charge in [0.2, 0.25) is 11.8 Å². The standard InChI is InChI=1S/C38H44N6O3/c1-38(2)14-10-30-33(21-38)40-41-36(30)32-19-26-6-7-27(20-31(26)39-32)37(47)43-16-11-24(12-17-43)22-42-15-13-25-8-9-29(18-28(25)23-42)44-34(45)4-3-5-35(44)46/h6-9,18-20,24,39H,3-5,10-17,21-23H2,1-2H3,(H,40,41). The fraction of sp³-hybridized carbons (Fsp3) is 0.474. The van der Waals surface area contributed by atoms with Gasteiger partial charge in [-0.15, -0.1) is 0 Å². The topological polar surface area (TPSA) is 105 Å². The molecule has 2 aromatic carbocycles. The van der Waals surface area contributed by atoms with Crippen LogP contribution in [0.5, 0.6) is 0 Å². The Morgan fingerprint density at radius 1 is 0.936 bits per heavy atom. The van der Waals surface area contributed by atoms with E-state index in [1.165, 1.54) is 27.3 Å². The SMILES string of the molecule is CC1(C)CCc2c(-c3cc4ccc(C(=O)N5CCC(CN6CCc7ccc(N8C(=O)CCCC8=O)cc7C6)CC5)cc4[nH]3)n[nH]c2C1. The van der Waals surface area contributed by atoms with E-state index in [-0.39, 0.29) is 17.7 Å². The molecule has 3 amide bonds. The van der Waals surface area contributed by atoms with Crippen molar-refractivity contribution in [2.75, 3.05) is 31.1 Å². The lowest BCUT2D eigenvalue weighted by Crippen LogP contribution is -2.42. The van der Waals surface area contributed by atoms with E-state index in [9.17, 15) is 14.4 Å². The summed E-state index contributed by atoms with van der Waals surface area (Å²) in [6.07, 6.45) is 7.66. The van der Waals surface area contributed by atoms with Crippen molar-refractivity contribution in [1.82, 2.24) is 25.0 Å². The Hall–Kier alpha value is -4.24. The number of piperidine rings is 2. The summed E-state index contributed by atoms with van der Waals surface area (Å²) in [5.41, 5.74) is 9.80. The van der Waals surface area contributed by atoms with Gasteiger partial charge >= 0.3 is 0 Å². The van der Waals surface area contributed by atoms with Gasteiger partial charge in [-0.2, -0.15) is 5.10 Å². The number of aromatic amines is 2. The summed E-state index contributed by atoms with van der Waals surface area (Å²) in [5, 5.41) is 9.07. The fourth-order valence-electron chi connectivity index (χ4n) is 8.26. The van der Waals surface area contributed by atoms with E-state index in [1.54, 1.807) is 0 Å². The zero-order valence-corrected chi connectivity index (χ0v) is 27.5. The van der Waals surface area contributed by atoms with Gasteiger partial charge in [-0.05, 0) is 97.7 Å². The van der Waals surface area contributed by atoms with Crippen molar-refractivity contribution in [2.24, 2.45) is 11.3 Å². The molecular formula is C38H44N6O3. The predicted octanol–water partition coefficient (Wildman–Crippen LogP) is 6.03. The van der Waals surface area contributed by atoms with E-state index < -0.39 is 0 Å². The number of imide groups is 1. The number of fused-ring (bicyclic) bond motifs is 3. The molecule has 2 fully saturated rings. The van der Waals surface area contributed by atoms with Crippen molar-refractivity contribution in [1.29, 1.82) is 0 Å². The van der Waals surface area contributed by atoms with E-state index in [4.69, 9.17) is 0 Å². The minimum atomic E-state index is -0.0933. The number of anilines is 1. The third-order valence-electron chi connectivity index (χ3n) is 11.0. The number of H-pyrrole nitrogens is 2. The highest BCUT2D eigenvalue weighted by Gasteiger charge is 2.31. The molecular weight excluding hydrogens is 588 g/mol. The smallest absolute Gasteiger partial charge is 0.253 e. The highest BCUT2D eigenvalue weighted by molar-refractivity contribution is 6.16. The van der Waals surface area contributed by atoms with E-state index in [1.807, 2.05) is 29.2 Å². The van der Waals surface area contributed by atoms with Crippen LogP contribution >= 0.6 is 0 Å². The van der Waals surface area contributed by atoms with Crippen LogP contribution in [0.4, 0.5) is 5.69 Å². The Morgan fingerprint density at radius 2 is 1.74 bits per heavy atom. The second kappa shape index (κ2) is 11.8. The number of hydrogen-bond acceptors (Lipinski definition) is 5. The third kappa shape index (κ3) is 5.79. The molecule has 244 valence electrons. The van der Waals surface area contributed by atoms with Crippen molar-refractivity contribution in [3.63, 3.8) is 0 Å². The first-order valence-corrected chi connectivity index (χ1v) is 17.4. The molecule has 0 unspecified atom stereocenters. The maximum Gasteiger partial charge on any atom is 0.253 e. The number of likely N-dealkylation sites (tertiary alicyclic amines) is 1. The second-order valence-corrected chi connectivity index (χ2v) is 15.0. The second-order valence-electron chi connectivity index (χ2n) is 15.0. The molecule has 4 aromatic rings. The molecule has 0 radical (unpaired) electrons. The summed E-state index contributed by atoms with van der Waals surface area (Å²) in [6, 6.07) is 14.2. The Morgan fingerprint density at radius 3 is 2.55 bits per heavy atom. The lowest BCUT2D eigenvalue weighted by atomic mass is 9.76. The number of carbonyl (C=O) groups excluding carboxylic acids is 3. The molecule has 5 heterocycles. The van der Waals surface area contributed by atoms with Crippen LogP contribution in [0.1, 0.15) is 85.1 Å². The summed E-state index contributed by atoms with van der Waals surface area (Å²) in [7, 11) is 0. The van der Waals surface area contributed by atoms with Gasteiger partial charge in [-0.1, -0.05) is 26.0 Å². The van der Waals surface area contributed by atoms with Crippen LogP contribution in [0.2, 0.25) is 0 Å². The Bertz CT molecular complexity index is 1860. The monoisotopic (exact) mass is 632 g/mol. The van der Waals surface area contributed by atoms with Crippen molar-refractivity contribution >= 4 is 34.3 Å². The van der Waals surface area contributed by atoms with Gasteiger partial charge in [0.1, 0.15) is 5.69 Å². The average molecular weight is 633 g/mol. The molecule has 2 N–H and O–H groups in total. The van der Waals surface area contributed by atoms with E-state index in [2.05, 4.69) is 52.1 Å². The fourth-order valence-corrected chi connectivity index (χ4v) is 8.26. The van der Waals surface area contributed by atoms with Crippen molar-refractivity contribution in [3.8, 4) is 11.4 Å². The number of rotatable bonds is 5. The zero-order chi connectivity index (χ0) is 32.3.